The van der Waals surface area contributed by atoms with Gasteiger partial charge in [-0.3, -0.25) is 4.79 Å². The molecule has 0 spiro atoms. The van der Waals surface area contributed by atoms with Gasteiger partial charge >= 0.3 is 5.97 Å². The number of carboxylic acids is 1. The molecular formula is C9H16N2O3. The number of likely N-dealkylation sites (tertiary alicyclic amines) is 1. The minimum absolute atomic E-state index is 0.412. The molecule has 0 aromatic carbocycles. The van der Waals surface area contributed by atoms with Gasteiger partial charge in [0.05, 0.1) is 0 Å². The van der Waals surface area contributed by atoms with Gasteiger partial charge in [0.2, 0.25) is 6.41 Å². The lowest BCUT2D eigenvalue weighted by Gasteiger charge is -2.33. The molecule has 1 unspecified atom stereocenters. The van der Waals surface area contributed by atoms with Gasteiger partial charge in [-0.05, 0) is 20.4 Å². The van der Waals surface area contributed by atoms with E-state index in [4.69, 9.17) is 0 Å². The van der Waals surface area contributed by atoms with Crippen LogP contribution in [0.5, 0.6) is 0 Å². The molecule has 0 aliphatic carbocycles. The number of aliphatic carboxylic acids is 1. The SMILES string of the molecule is CCN(C=O)C1(C(=O)O)CCN(C)C1. The molecule has 0 aromatic heterocycles. The number of nitrogens with zero attached hydrogens (tertiary/aromatic N) is 2. The van der Waals surface area contributed by atoms with Crippen molar-refractivity contribution in [2.24, 2.45) is 0 Å². The number of rotatable bonds is 4. The third-order valence-corrected chi connectivity index (χ3v) is 2.85. The number of carbonyl (C=O) groups excluding carboxylic acids is 1. The van der Waals surface area contributed by atoms with Crippen LogP contribution in [0, 0.1) is 0 Å². The molecule has 1 heterocycles. The Kier molecular flexibility index (Phi) is 3.10. The van der Waals surface area contributed by atoms with Crippen LogP contribution in [0.1, 0.15) is 13.3 Å². The van der Waals surface area contributed by atoms with Crippen molar-refractivity contribution in [1.29, 1.82) is 0 Å². The molecular weight excluding hydrogens is 184 g/mol. The number of carboxylic acid groups (broad SMARTS) is 1. The summed E-state index contributed by atoms with van der Waals surface area (Å²) < 4.78 is 0. The topological polar surface area (TPSA) is 60.9 Å². The van der Waals surface area contributed by atoms with Crippen LogP contribution in [0.2, 0.25) is 0 Å². The normalized spacial score (nSPS) is 27.6. The number of amides is 1. The third kappa shape index (κ3) is 1.59. The van der Waals surface area contributed by atoms with E-state index >= 15 is 0 Å². The molecule has 1 N–H and O–H groups in total. The van der Waals surface area contributed by atoms with E-state index in [0.29, 0.717) is 25.9 Å². The van der Waals surface area contributed by atoms with E-state index in [2.05, 4.69) is 0 Å². The van der Waals surface area contributed by atoms with E-state index < -0.39 is 11.5 Å². The zero-order valence-electron chi connectivity index (χ0n) is 8.56. The second-order valence-corrected chi connectivity index (χ2v) is 3.72. The van der Waals surface area contributed by atoms with E-state index in [1.54, 1.807) is 6.92 Å². The van der Waals surface area contributed by atoms with Gasteiger partial charge in [-0.25, -0.2) is 4.79 Å². The van der Waals surface area contributed by atoms with E-state index in [1.807, 2.05) is 11.9 Å². The first-order valence-corrected chi connectivity index (χ1v) is 4.71. The summed E-state index contributed by atoms with van der Waals surface area (Å²) in [6.07, 6.45) is 1.14. The van der Waals surface area contributed by atoms with Crippen molar-refractivity contribution in [2.75, 3.05) is 26.7 Å². The van der Waals surface area contributed by atoms with Crippen LogP contribution < -0.4 is 0 Å². The summed E-state index contributed by atoms with van der Waals surface area (Å²) in [6.45, 7) is 3.35. The zero-order chi connectivity index (χ0) is 10.8. The maximum absolute atomic E-state index is 11.2. The minimum Gasteiger partial charge on any atom is -0.479 e. The number of carbonyl (C=O) groups is 2. The van der Waals surface area contributed by atoms with Gasteiger partial charge in [-0.15, -0.1) is 0 Å². The van der Waals surface area contributed by atoms with Crippen LogP contribution in [-0.2, 0) is 9.59 Å². The highest BCUT2D eigenvalue weighted by molar-refractivity contribution is 5.82. The van der Waals surface area contributed by atoms with Gasteiger partial charge < -0.3 is 14.9 Å². The molecule has 1 aliphatic rings. The molecule has 0 saturated carbocycles. The molecule has 1 fully saturated rings. The Balaban J connectivity index is 2.92. The molecule has 1 amide bonds. The molecule has 80 valence electrons. The molecule has 0 aromatic rings. The van der Waals surface area contributed by atoms with Crippen LogP contribution in [0.3, 0.4) is 0 Å². The van der Waals surface area contributed by atoms with E-state index in [0.717, 1.165) is 6.54 Å². The standard InChI is InChI=1S/C9H16N2O3/c1-3-11(7-12)9(8(13)14)4-5-10(2)6-9/h7H,3-6H2,1-2H3,(H,13,14). The second-order valence-electron chi connectivity index (χ2n) is 3.72. The average molecular weight is 200 g/mol. The predicted octanol–water partition coefficient (Wildman–Crippen LogP) is -0.376. The van der Waals surface area contributed by atoms with Crippen molar-refractivity contribution < 1.29 is 14.7 Å². The third-order valence-electron chi connectivity index (χ3n) is 2.85. The van der Waals surface area contributed by atoms with Crippen molar-refractivity contribution in [3.8, 4) is 0 Å². The van der Waals surface area contributed by atoms with Crippen molar-refractivity contribution in [1.82, 2.24) is 9.80 Å². The quantitative estimate of drug-likeness (QED) is 0.629. The summed E-state index contributed by atoms with van der Waals surface area (Å²) in [5.41, 5.74) is -1.01. The van der Waals surface area contributed by atoms with Gasteiger partial charge in [0.25, 0.3) is 0 Å². The molecule has 1 aliphatic heterocycles. The molecule has 1 rings (SSSR count). The van der Waals surface area contributed by atoms with Crippen molar-refractivity contribution in [3.63, 3.8) is 0 Å². The maximum Gasteiger partial charge on any atom is 0.331 e. The average Bonchev–Trinajstić information content (AvgIpc) is 2.51. The highest BCUT2D eigenvalue weighted by atomic mass is 16.4. The molecule has 1 saturated heterocycles. The lowest BCUT2D eigenvalue weighted by Crippen LogP contribution is -2.55. The van der Waals surface area contributed by atoms with Crippen LogP contribution in [0.4, 0.5) is 0 Å². The predicted molar refractivity (Wildman–Crippen MR) is 50.9 cm³/mol. The summed E-state index contributed by atoms with van der Waals surface area (Å²) in [5, 5.41) is 9.19. The first kappa shape index (κ1) is 11.0. The van der Waals surface area contributed by atoms with E-state index in [9.17, 15) is 14.7 Å². The molecule has 0 radical (unpaired) electrons. The van der Waals surface area contributed by atoms with Crippen LogP contribution in [-0.4, -0.2) is 59.5 Å². The van der Waals surface area contributed by atoms with Crippen LogP contribution in [0.25, 0.3) is 0 Å². The first-order valence-electron chi connectivity index (χ1n) is 4.71. The Labute approximate surface area is 83.3 Å². The summed E-state index contributed by atoms with van der Waals surface area (Å²) >= 11 is 0. The number of hydrogen-bond donors (Lipinski definition) is 1. The molecule has 1 atom stereocenters. The second kappa shape index (κ2) is 3.96. The van der Waals surface area contributed by atoms with Crippen molar-refractivity contribution in [3.05, 3.63) is 0 Å². The van der Waals surface area contributed by atoms with E-state index in [1.165, 1.54) is 4.90 Å². The first-order chi connectivity index (χ1) is 6.56. The van der Waals surface area contributed by atoms with Crippen LogP contribution >= 0.6 is 0 Å². The molecule has 5 heteroatoms. The molecule has 14 heavy (non-hydrogen) atoms. The van der Waals surface area contributed by atoms with Gasteiger partial charge in [0.1, 0.15) is 0 Å². The Morgan fingerprint density at radius 3 is 2.64 bits per heavy atom. The van der Waals surface area contributed by atoms with E-state index in [-0.39, 0.29) is 0 Å². The Hall–Kier alpha value is -1.10. The highest BCUT2D eigenvalue weighted by Gasteiger charge is 2.47. The molecule has 5 nitrogen and oxygen atoms in total. The summed E-state index contributed by atoms with van der Waals surface area (Å²) in [7, 11) is 1.86. The van der Waals surface area contributed by atoms with Gasteiger partial charge in [0.15, 0.2) is 5.54 Å². The lowest BCUT2D eigenvalue weighted by atomic mass is 9.97. The Morgan fingerprint density at radius 1 is 1.71 bits per heavy atom. The maximum atomic E-state index is 11.2. The number of likely N-dealkylation sites (N-methyl/N-ethyl adjacent to an activating group) is 2. The minimum atomic E-state index is -1.01. The van der Waals surface area contributed by atoms with Gasteiger partial charge in [-0.2, -0.15) is 0 Å². The Bertz CT molecular complexity index is 244. The molecule has 0 bridgehead atoms. The summed E-state index contributed by atoms with van der Waals surface area (Å²) in [6, 6.07) is 0. The lowest BCUT2D eigenvalue weighted by molar-refractivity contribution is -0.154. The van der Waals surface area contributed by atoms with Gasteiger partial charge in [-0.1, -0.05) is 0 Å². The fourth-order valence-corrected chi connectivity index (χ4v) is 1.99. The highest BCUT2D eigenvalue weighted by Crippen LogP contribution is 2.26. The fourth-order valence-electron chi connectivity index (χ4n) is 1.99. The Morgan fingerprint density at radius 2 is 2.36 bits per heavy atom. The monoisotopic (exact) mass is 200 g/mol. The van der Waals surface area contributed by atoms with Crippen molar-refractivity contribution in [2.45, 2.75) is 18.9 Å². The fraction of sp³-hybridized carbons (Fsp3) is 0.778. The largest absolute Gasteiger partial charge is 0.479 e. The smallest absolute Gasteiger partial charge is 0.331 e. The zero-order valence-corrected chi connectivity index (χ0v) is 8.56. The van der Waals surface area contributed by atoms with Crippen LogP contribution in [0.15, 0.2) is 0 Å². The summed E-state index contributed by atoms with van der Waals surface area (Å²) in [4.78, 5) is 25.3. The summed E-state index contributed by atoms with van der Waals surface area (Å²) in [5.74, 6) is -0.907. The van der Waals surface area contributed by atoms with Gasteiger partial charge in [0, 0.05) is 19.6 Å². The number of hydrogen-bond acceptors (Lipinski definition) is 3. The van der Waals surface area contributed by atoms with Crippen molar-refractivity contribution >= 4 is 12.4 Å².